The Kier molecular flexibility index (Phi) is 5.49. The minimum Gasteiger partial charge on any atom is -0.377 e. The highest BCUT2D eigenvalue weighted by molar-refractivity contribution is 4.70. The van der Waals surface area contributed by atoms with Gasteiger partial charge in [0.1, 0.15) is 0 Å². The molecule has 1 N–H and O–H groups in total. The second-order valence-corrected chi connectivity index (χ2v) is 4.67. The molecule has 0 heterocycles. The predicted octanol–water partition coefficient (Wildman–Crippen LogP) is 2.58. The van der Waals surface area contributed by atoms with E-state index in [2.05, 4.69) is 26.1 Å². The number of nitrogens with one attached hydrogen (secondary N) is 1. The van der Waals surface area contributed by atoms with Gasteiger partial charge in [-0.3, -0.25) is 0 Å². The van der Waals surface area contributed by atoms with Gasteiger partial charge in [-0.1, -0.05) is 13.8 Å². The van der Waals surface area contributed by atoms with Gasteiger partial charge >= 0.3 is 0 Å². The third-order valence-electron chi connectivity index (χ3n) is 3.10. The van der Waals surface area contributed by atoms with Crippen LogP contribution in [0, 0.1) is 5.92 Å². The van der Waals surface area contributed by atoms with E-state index in [0.29, 0.717) is 12.1 Å². The van der Waals surface area contributed by atoms with Crippen LogP contribution in [0.25, 0.3) is 0 Å². The Morgan fingerprint density at radius 3 is 2.50 bits per heavy atom. The molecule has 0 aliphatic heterocycles. The Balaban J connectivity index is 2.06. The van der Waals surface area contributed by atoms with Crippen molar-refractivity contribution < 1.29 is 4.74 Å². The lowest BCUT2D eigenvalue weighted by Crippen LogP contribution is -2.33. The molecule has 0 bridgehead atoms. The first-order valence-corrected chi connectivity index (χ1v) is 6.07. The molecule has 84 valence electrons. The normalized spacial score (nSPS) is 30.2. The summed E-state index contributed by atoms with van der Waals surface area (Å²) in [6.07, 6.45) is 5.76. The monoisotopic (exact) mass is 199 g/mol. The van der Waals surface area contributed by atoms with Gasteiger partial charge in [0.25, 0.3) is 0 Å². The Labute approximate surface area is 88.4 Å². The number of hydrogen-bond acceptors (Lipinski definition) is 2. The Morgan fingerprint density at radius 2 is 1.93 bits per heavy atom. The third-order valence-corrected chi connectivity index (χ3v) is 3.10. The maximum Gasteiger partial charge on any atom is 0.0620 e. The van der Waals surface area contributed by atoms with Gasteiger partial charge in [-0.25, -0.2) is 0 Å². The van der Waals surface area contributed by atoms with E-state index < -0.39 is 0 Å². The molecule has 2 nitrogen and oxygen atoms in total. The lowest BCUT2D eigenvalue weighted by molar-refractivity contribution is 0.0107. The predicted molar refractivity (Wildman–Crippen MR) is 60.5 cm³/mol. The highest BCUT2D eigenvalue weighted by Crippen LogP contribution is 2.25. The van der Waals surface area contributed by atoms with Crippen LogP contribution < -0.4 is 5.32 Å². The van der Waals surface area contributed by atoms with E-state index >= 15 is 0 Å². The molecule has 0 aromatic rings. The van der Waals surface area contributed by atoms with E-state index in [9.17, 15) is 0 Å². The van der Waals surface area contributed by atoms with Gasteiger partial charge in [0.15, 0.2) is 0 Å². The Bertz CT molecular complexity index is 141. The fraction of sp³-hybridized carbons (Fsp3) is 1.00. The smallest absolute Gasteiger partial charge is 0.0620 e. The molecule has 0 amide bonds. The van der Waals surface area contributed by atoms with E-state index in [1.807, 2.05) is 0 Å². The summed E-state index contributed by atoms with van der Waals surface area (Å²) < 4.78 is 5.88. The number of ether oxygens (including phenoxy) is 1. The summed E-state index contributed by atoms with van der Waals surface area (Å²) in [6.45, 7) is 8.57. The van der Waals surface area contributed by atoms with Crippen LogP contribution in [0.3, 0.4) is 0 Å². The average Bonchev–Trinajstić information content (AvgIpc) is 2.17. The third kappa shape index (κ3) is 4.43. The summed E-state index contributed by atoms with van der Waals surface area (Å²) in [6, 6.07) is 0.499. The summed E-state index contributed by atoms with van der Waals surface area (Å²) >= 11 is 0. The van der Waals surface area contributed by atoms with Gasteiger partial charge in [0, 0.05) is 6.04 Å². The summed E-state index contributed by atoms with van der Waals surface area (Å²) in [5.74, 6) is 0.918. The fourth-order valence-electron chi connectivity index (χ4n) is 2.08. The maximum absolute atomic E-state index is 5.88. The standard InChI is InChI=1S/C12H25NO/c1-4-13-11(3)9-14-12-7-5-10(2)6-8-12/h10-13H,4-9H2,1-3H3. The van der Waals surface area contributed by atoms with Gasteiger partial charge in [-0.15, -0.1) is 0 Å². The highest BCUT2D eigenvalue weighted by atomic mass is 16.5. The van der Waals surface area contributed by atoms with Crippen molar-refractivity contribution in [1.82, 2.24) is 5.32 Å². The average molecular weight is 199 g/mol. The van der Waals surface area contributed by atoms with Crippen molar-refractivity contribution in [1.29, 1.82) is 0 Å². The van der Waals surface area contributed by atoms with Gasteiger partial charge in [0.05, 0.1) is 12.7 Å². The zero-order valence-corrected chi connectivity index (χ0v) is 9.88. The van der Waals surface area contributed by atoms with Crippen molar-refractivity contribution in [2.24, 2.45) is 5.92 Å². The van der Waals surface area contributed by atoms with E-state index in [1.165, 1.54) is 25.7 Å². The molecular formula is C12H25NO. The maximum atomic E-state index is 5.88. The first-order valence-electron chi connectivity index (χ1n) is 6.07. The lowest BCUT2D eigenvalue weighted by atomic mass is 9.89. The SMILES string of the molecule is CCNC(C)COC1CCC(C)CC1. The molecule has 1 saturated carbocycles. The van der Waals surface area contributed by atoms with E-state index in [1.54, 1.807) is 0 Å². The van der Waals surface area contributed by atoms with Crippen molar-refractivity contribution in [2.45, 2.75) is 58.6 Å². The molecule has 2 heteroatoms. The van der Waals surface area contributed by atoms with Gasteiger partial charge < -0.3 is 10.1 Å². The zero-order chi connectivity index (χ0) is 10.4. The molecule has 0 saturated heterocycles. The van der Waals surface area contributed by atoms with E-state index in [-0.39, 0.29) is 0 Å². The fourth-order valence-corrected chi connectivity index (χ4v) is 2.08. The van der Waals surface area contributed by atoms with Crippen molar-refractivity contribution in [3.63, 3.8) is 0 Å². The van der Waals surface area contributed by atoms with Crippen molar-refractivity contribution >= 4 is 0 Å². The van der Waals surface area contributed by atoms with Crippen LogP contribution in [-0.4, -0.2) is 25.3 Å². The molecule has 0 aromatic heterocycles. The van der Waals surface area contributed by atoms with Crippen LogP contribution >= 0.6 is 0 Å². The molecular weight excluding hydrogens is 174 g/mol. The molecule has 1 unspecified atom stereocenters. The number of likely N-dealkylation sites (N-methyl/N-ethyl adjacent to an activating group) is 1. The van der Waals surface area contributed by atoms with Crippen LogP contribution in [0.5, 0.6) is 0 Å². The first kappa shape index (κ1) is 12.0. The Morgan fingerprint density at radius 1 is 1.29 bits per heavy atom. The first-order chi connectivity index (χ1) is 6.72. The Hall–Kier alpha value is -0.0800. The minimum atomic E-state index is 0.499. The second kappa shape index (κ2) is 6.41. The molecule has 14 heavy (non-hydrogen) atoms. The van der Waals surface area contributed by atoms with Crippen LogP contribution in [0.15, 0.2) is 0 Å². The largest absolute Gasteiger partial charge is 0.377 e. The van der Waals surface area contributed by atoms with Crippen LogP contribution in [0.2, 0.25) is 0 Å². The van der Waals surface area contributed by atoms with Crippen molar-refractivity contribution in [3.05, 3.63) is 0 Å². The number of hydrogen-bond donors (Lipinski definition) is 1. The van der Waals surface area contributed by atoms with Crippen LogP contribution in [0.4, 0.5) is 0 Å². The number of rotatable bonds is 5. The second-order valence-electron chi connectivity index (χ2n) is 4.67. The molecule has 1 fully saturated rings. The van der Waals surface area contributed by atoms with Crippen molar-refractivity contribution in [2.75, 3.05) is 13.2 Å². The molecule has 0 radical (unpaired) electrons. The van der Waals surface area contributed by atoms with Gasteiger partial charge in [-0.2, -0.15) is 0 Å². The van der Waals surface area contributed by atoms with E-state index in [0.717, 1.165) is 19.1 Å². The molecule has 1 aliphatic carbocycles. The molecule has 0 aromatic carbocycles. The zero-order valence-electron chi connectivity index (χ0n) is 9.88. The quantitative estimate of drug-likeness (QED) is 0.735. The van der Waals surface area contributed by atoms with Gasteiger partial charge in [0.2, 0.25) is 0 Å². The highest BCUT2D eigenvalue weighted by Gasteiger charge is 2.18. The molecule has 1 aliphatic rings. The lowest BCUT2D eigenvalue weighted by Gasteiger charge is -2.27. The molecule has 0 spiro atoms. The minimum absolute atomic E-state index is 0.499. The molecule has 1 rings (SSSR count). The van der Waals surface area contributed by atoms with Crippen LogP contribution in [0.1, 0.15) is 46.5 Å². The summed E-state index contributed by atoms with van der Waals surface area (Å²) in [7, 11) is 0. The summed E-state index contributed by atoms with van der Waals surface area (Å²) in [5.41, 5.74) is 0. The molecule has 1 atom stereocenters. The topological polar surface area (TPSA) is 21.3 Å². The summed E-state index contributed by atoms with van der Waals surface area (Å²) in [4.78, 5) is 0. The van der Waals surface area contributed by atoms with Crippen molar-refractivity contribution in [3.8, 4) is 0 Å². The van der Waals surface area contributed by atoms with Crippen LogP contribution in [-0.2, 0) is 4.74 Å². The van der Waals surface area contributed by atoms with E-state index in [4.69, 9.17) is 4.74 Å². The van der Waals surface area contributed by atoms with Gasteiger partial charge in [-0.05, 0) is 45.1 Å². The summed E-state index contributed by atoms with van der Waals surface area (Å²) in [5, 5.41) is 3.37.